The summed E-state index contributed by atoms with van der Waals surface area (Å²) in [4.78, 5) is 14.0. The van der Waals surface area contributed by atoms with Crippen LogP contribution in [-0.4, -0.2) is 50.3 Å². The zero-order valence-electron chi connectivity index (χ0n) is 11.2. The quantitative estimate of drug-likeness (QED) is 0.856. The Morgan fingerprint density at radius 2 is 2.42 bits per heavy atom. The van der Waals surface area contributed by atoms with E-state index in [9.17, 15) is 4.79 Å². The van der Waals surface area contributed by atoms with E-state index in [4.69, 9.17) is 15.2 Å². The van der Waals surface area contributed by atoms with Gasteiger partial charge in [-0.15, -0.1) is 0 Å². The predicted molar refractivity (Wildman–Crippen MR) is 72.1 cm³/mol. The van der Waals surface area contributed by atoms with Gasteiger partial charge < -0.3 is 20.1 Å². The van der Waals surface area contributed by atoms with Gasteiger partial charge in [-0.25, -0.2) is 0 Å². The molecule has 0 bridgehead atoms. The van der Waals surface area contributed by atoms with Crippen LogP contribution in [0.5, 0.6) is 5.75 Å². The molecule has 5 nitrogen and oxygen atoms in total. The van der Waals surface area contributed by atoms with Crippen molar-refractivity contribution in [3.05, 3.63) is 29.8 Å². The smallest absolute Gasteiger partial charge is 0.227 e. The van der Waals surface area contributed by atoms with Crippen molar-refractivity contribution in [2.75, 3.05) is 33.4 Å². The Morgan fingerprint density at radius 1 is 1.58 bits per heavy atom. The monoisotopic (exact) mass is 264 g/mol. The van der Waals surface area contributed by atoms with Gasteiger partial charge in [-0.05, 0) is 17.7 Å². The predicted octanol–water partition coefficient (Wildman–Crippen LogP) is 0.424. The first-order valence-corrected chi connectivity index (χ1v) is 6.45. The number of nitrogens with two attached hydrogens (primary N) is 1. The van der Waals surface area contributed by atoms with E-state index in [1.807, 2.05) is 29.2 Å². The summed E-state index contributed by atoms with van der Waals surface area (Å²) in [5.41, 5.74) is 6.54. The topological polar surface area (TPSA) is 64.8 Å². The van der Waals surface area contributed by atoms with Crippen molar-refractivity contribution in [1.29, 1.82) is 0 Å². The minimum absolute atomic E-state index is 0.0389. The van der Waals surface area contributed by atoms with Crippen molar-refractivity contribution < 1.29 is 14.3 Å². The number of hydrogen-bond acceptors (Lipinski definition) is 4. The number of amides is 1. The molecule has 1 aromatic carbocycles. The molecule has 5 heteroatoms. The second kappa shape index (κ2) is 6.54. The van der Waals surface area contributed by atoms with Crippen molar-refractivity contribution in [3.8, 4) is 5.75 Å². The molecular weight excluding hydrogens is 244 g/mol. The molecule has 1 unspecified atom stereocenters. The fourth-order valence-electron chi connectivity index (χ4n) is 2.16. The Labute approximate surface area is 113 Å². The molecule has 1 aliphatic rings. The highest BCUT2D eigenvalue weighted by Crippen LogP contribution is 2.14. The third kappa shape index (κ3) is 3.68. The number of benzene rings is 1. The normalized spacial score (nSPS) is 19.3. The lowest BCUT2D eigenvalue weighted by Gasteiger charge is -2.32. The lowest BCUT2D eigenvalue weighted by molar-refractivity contribution is -0.137. The van der Waals surface area contributed by atoms with Gasteiger partial charge in [-0.2, -0.15) is 0 Å². The lowest BCUT2D eigenvalue weighted by atomic mass is 10.1. The van der Waals surface area contributed by atoms with Gasteiger partial charge in [0.05, 0.1) is 26.2 Å². The molecule has 1 fully saturated rings. The van der Waals surface area contributed by atoms with Crippen LogP contribution >= 0.6 is 0 Å². The van der Waals surface area contributed by atoms with E-state index >= 15 is 0 Å². The number of rotatable bonds is 4. The highest BCUT2D eigenvalue weighted by Gasteiger charge is 2.23. The first-order valence-electron chi connectivity index (χ1n) is 6.45. The first-order chi connectivity index (χ1) is 9.22. The maximum absolute atomic E-state index is 12.2. The zero-order chi connectivity index (χ0) is 13.7. The molecule has 19 heavy (non-hydrogen) atoms. The van der Waals surface area contributed by atoms with Gasteiger partial charge in [0.15, 0.2) is 0 Å². The summed E-state index contributed by atoms with van der Waals surface area (Å²) in [5.74, 6) is 0.877. The molecule has 1 amide bonds. The van der Waals surface area contributed by atoms with E-state index < -0.39 is 0 Å². The molecule has 0 radical (unpaired) electrons. The maximum atomic E-state index is 12.2. The highest BCUT2D eigenvalue weighted by molar-refractivity contribution is 5.79. The Bertz CT molecular complexity index is 436. The van der Waals surface area contributed by atoms with Crippen molar-refractivity contribution in [1.82, 2.24) is 4.90 Å². The second-order valence-electron chi connectivity index (χ2n) is 4.60. The number of carbonyl (C=O) groups is 1. The molecule has 1 atom stereocenters. The molecule has 0 aromatic heterocycles. The van der Waals surface area contributed by atoms with Crippen LogP contribution in [0.2, 0.25) is 0 Å². The molecule has 1 aromatic rings. The molecule has 104 valence electrons. The van der Waals surface area contributed by atoms with Gasteiger partial charge >= 0.3 is 0 Å². The van der Waals surface area contributed by atoms with Crippen molar-refractivity contribution in [2.45, 2.75) is 12.5 Å². The maximum Gasteiger partial charge on any atom is 0.227 e. The molecule has 0 aliphatic carbocycles. The number of morpholine rings is 1. The second-order valence-corrected chi connectivity index (χ2v) is 4.60. The van der Waals surface area contributed by atoms with Crippen molar-refractivity contribution in [3.63, 3.8) is 0 Å². The lowest BCUT2D eigenvalue weighted by Crippen LogP contribution is -2.48. The minimum atomic E-state index is -0.0389. The molecular formula is C14H20N2O3. The van der Waals surface area contributed by atoms with Crippen LogP contribution in [0, 0.1) is 0 Å². The van der Waals surface area contributed by atoms with Gasteiger partial charge in [-0.3, -0.25) is 4.79 Å². The summed E-state index contributed by atoms with van der Waals surface area (Å²) < 4.78 is 10.6. The summed E-state index contributed by atoms with van der Waals surface area (Å²) in [5, 5.41) is 0. The molecule has 2 rings (SSSR count). The van der Waals surface area contributed by atoms with Gasteiger partial charge in [-0.1, -0.05) is 12.1 Å². The van der Waals surface area contributed by atoms with Gasteiger partial charge in [0.2, 0.25) is 5.91 Å². The van der Waals surface area contributed by atoms with Gasteiger partial charge in [0, 0.05) is 19.6 Å². The fraction of sp³-hybridized carbons (Fsp3) is 0.500. The van der Waals surface area contributed by atoms with Crippen LogP contribution in [0.15, 0.2) is 24.3 Å². The SMILES string of the molecule is COc1cccc(CC(=O)N2CCOC(CN)C2)c1. The van der Waals surface area contributed by atoms with Crippen LogP contribution in [0.1, 0.15) is 5.56 Å². The molecule has 2 N–H and O–H groups in total. The van der Waals surface area contributed by atoms with E-state index in [0.717, 1.165) is 11.3 Å². The Kier molecular flexibility index (Phi) is 4.76. The number of methoxy groups -OCH3 is 1. The Morgan fingerprint density at radius 3 is 3.16 bits per heavy atom. The van der Waals surface area contributed by atoms with Crippen LogP contribution in [0.3, 0.4) is 0 Å². The van der Waals surface area contributed by atoms with E-state index in [1.54, 1.807) is 7.11 Å². The molecule has 1 aliphatic heterocycles. The number of carbonyl (C=O) groups excluding carboxylic acids is 1. The summed E-state index contributed by atoms with van der Waals surface area (Å²) in [6.07, 6.45) is 0.345. The minimum Gasteiger partial charge on any atom is -0.497 e. The van der Waals surface area contributed by atoms with E-state index in [1.165, 1.54) is 0 Å². The summed E-state index contributed by atoms with van der Waals surface area (Å²) in [6.45, 7) is 2.23. The van der Waals surface area contributed by atoms with E-state index in [2.05, 4.69) is 0 Å². The third-order valence-corrected chi connectivity index (χ3v) is 3.24. The largest absolute Gasteiger partial charge is 0.497 e. The average Bonchev–Trinajstić information content (AvgIpc) is 2.47. The van der Waals surface area contributed by atoms with Crippen molar-refractivity contribution >= 4 is 5.91 Å². The van der Waals surface area contributed by atoms with E-state index in [-0.39, 0.29) is 12.0 Å². The number of hydrogen-bond donors (Lipinski definition) is 1. The molecule has 0 spiro atoms. The standard InChI is InChI=1S/C14H20N2O3/c1-18-12-4-2-3-11(7-12)8-14(17)16-5-6-19-13(9-15)10-16/h2-4,7,13H,5-6,8-10,15H2,1H3. The molecule has 0 saturated carbocycles. The fourth-order valence-corrected chi connectivity index (χ4v) is 2.16. The zero-order valence-corrected chi connectivity index (χ0v) is 11.2. The third-order valence-electron chi connectivity index (χ3n) is 3.24. The van der Waals surface area contributed by atoms with Gasteiger partial charge in [0.1, 0.15) is 5.75 Å². The Hall–Kier alpha value is -1.59. The van der Waals surface area contributed by atoms with E-state index in [0.29, 0.717) is 32.7 Å². The van der Waals surface area contributed by atoms with Crippen LogP contribution in [0.25, 0.3) is 0 Å². The number of ether oxygens (including phenoxy) is 2. The average molecular weight is 264 g/mol. The van der Waals surface area contributed by atoms with Gasteiger partial charge in [0.25, 0.3) is 0 Å². The number of nitrogens with zero attached hydrogens (tertiary/aromatic N) is 1. The summed E-state index contributed by atoms with van der Waals surface area (Å²) in [6, 6.07) is 7.58. The summed E-state index contributed by atoms with van der Waals surface area (Å²) >= 11 is 0. The first kappa shape index (κ1) is 13.8. The van der Waals surface area contributed by atoms with Crippen molar-refractivity contribution in [2.24, 2.45) is 5.73 Å². The molecule has 1 heterocycles. The Balaban J connectivity index is 1.96. The van der Waals surface area contributed by atoms with Crippen LogP contribution in [0.4, 0.5) is 0 Å². The highest BCUT2D eigenvalue weighted by atomic mass is 16.5. The molecule has 1 saturated heterocycles. The van der Waals surface area contributed by atoms with Crippen LogP contribution in [-0.2, 0) is 16.0 Å². The summed E-state index contributed by atoms with van der Waals surface area (Å²) in [7, 11) is 1.62. The van der Waals surface area contributed by atoms with Crippen LogP contribution < -0.4 is 10.5 Å².